The van der Waals surface area contributed by atoms with Gasteiger partial charge in [0.2, 0.25) is 0 Å². The molecule has 0 amide bonds. The van der Waals surface area contributed by atoms with Crippen molar-refractivity contribution in [2.75, 3.05) is 19.6 Å². The first-order valence-electron chi connectivity index (χ1n) is 8.44. The number of aromatic amines is 1. The van der Waals surface area contributed by atoms with Gasteiger partial charge in [-0.1, -0.05) is 13.8 Å². The van der Waals surface area contributed by atoms with Crippen molar-refractivity contribution in [3.05, 3.63) is 47.3 Å². The number of fused-ring (bicyclic) bond motifs is 1. The van der Waals surface area contributed by atoms with E-state index in [4.69, 9.17) is 0 Å². The number of nitrogens with one attached hydrogen (secondary N) is 1. The van der Waals surface area contributed by atoms with Crippen LogP contribution in [-0.4, -0.2) is 44.1 Å². The summed E-state index contributed by atoms with van der Waals surface area (Å²) in [6.07, 6.45) is 6.24. The number of aryl methyl sites for hydroxylation is 1. The zero-order valence-corrected chi connectivity index (χ0v) is 14.2. The minimum Gasteiger partial charge on any atom is -0.304 e. The first-order valence-corrected chi connectivity index (χ1v) is 8.44. The molecule has 0 bridgehead atoms. The molecule has 3 heterocycles. The molecule has 0 unspecified atom stereocenters. The van der Waals surface area contributed by atoms with E-state index in [1.807, 2.05) is 18.2 Å². The van der Waals surface area contributed by atoms with Gasteiger partial charge >= 0.3 is 5.69 Å². The van der Waals surface area contributed by atoms with Gasteiger partial charge in [-0.2, -0.15) is 0 Å². The van der Waals surface area contributed by atoms with Gasteiger partial charge in [-0.3, -0.25) is 14.5 Å². The third kappa shape index (κ3) is 3.38. The second-order valence-electron chi connectivity index (χ2n) is 5.79. The van der Waals surface area contributed by atoms with Gasteiger partial charge in [0.1, 0.15) is 0 Å². The van der Waals surface area contributed by atoms with Gasteiger partial charge in [0.05, 0.1) is 5.52 Å². The number of rotatable bonds is 7. The smallest absolute Gasteiger partial charge is 0.304 e. The lowest BCUT2D eigenvalue weighted by Crippen LogP contribution is -2.26. The van der Waals surface area contributed by atoms with Gasteiger partial charge in [0, 0.05) is 30.7 Å². The molecule has 0 aliphatic rings. The number of imidazole rings is 1. The van der Waals surface area contributed by atoms with E-state index in [0.29, 0.717) is 12.2 Å². The number of hydrogen-bond donors (Lipinski definition) is 1. The summed E-state index contributed by atoms with van der Waals surface area (Å²) in [6, 6.07) is 5.91. The minimum atomic E-state index is -0.0936. The van der Waals surface area contributed by atoms with E-state index < -0.39 is 0 Å². The van der Waals surface area contributed by atoms with Crippen LogP contribution in [-0.2, 0) is 6.54 Å². The highest BCUT2D eigenvalue weighted by Gasteiger charge is 2.10. The van der Waals surface area contributed by atoms with Crippen molar-refractivity contribution in [1.29, 1.82) is 0 Å². The van der Waals surface area contributed by atoms with E-state index in [1.54, 1.807) is 23.2 Å². The van der Waals surface area contributed by atoms with Gasteiger partial charge in [-0.05, 0) is 49.8 Å². The van der Waals surface area contributed by atoms with Gasteiger partial charge in [0.15, 0.2) is 5.65 Å². The molecular formula is C18H23N5O. The minimum absolute atomic E-state index is 0.0936. The van der Waals surface area contributed by atoms with E-state index >= 15 is 0 Å². The third-order valence-electron chi connectivity index (χ3n) is 4.39. The maximum atomic E-state index is 12.2. The summed E-state index contributed by atoms with van der Waals surface area (Å²) in [4.78, 5) is 25.9. The molecule has 0 radical (unpaired) electrons. The van der Waals surface area contributed by atoms with E-state index in [2.05, 4.69) is 33.7 Å². The van der Waals surface area contributed by atoms with Crippen molar-refractivity contribution in [3.8, 4) is 11.1 Å². The average Bonchev–Trinajstić information content (AvgIpc) is 2.94. The standard InChI is InChI=1S/C18H23N5O/c1-3-22(4-2)10-5-11-23-16-12-15(14-6-8-19-9-7-14)13-20-17(16)21-18(23)24/h6-9,12-13H,3-5,10-11H2,1-2H3,(H,20,21,24). The second kappa shape index (κ2) is 7.40. The molecule has 3 aromatic rings. The average molecular weight is 325 g/mol. The maximum Gasteiger partial charge on any atom is 0.327 e. The van der Waals surface area contributed by atoms with Gasteiger partial charge < -0.3 is 4.90 Å². The fourth-order valence-electron chi connectivity index (χ4n) is 2.95. The molecule has 3 rings (SSSR count). The highest BCUT2D eigenvalue weighted by molar-refractivity contribution is 5.78. The number of aromatic nitrogens is 4. The lowest BCUT2D eigenvalue weighted by Gasteiger charge is -2.17. The molecule has 0 saturated carbocycles. The molecule has 0 aliphatic heterocycles. The Morgan fingerprint density at radius 2 is 1.92 bits per heavy atom. The maximum absolute atomic E-state index is 12.2. The van der Waals surface area contributed by atoms with E-state index in [1.165, 1.54) is 0 Å². The van der Waals surface area contributed by atoms with Crippen LogP contribution in [0, 0.1) is 0 Å². The van der Waals surface area contributed by atoms with Crippen molar-refractivity contribution in [2.24, 2.45) is 0 Å². The SMILES string of the molecule is CCN(CC)CCCn1c(=O)[nH]c2ncc(-c3ccncc3)cc21. The Balaban J connectivity index is 1.87. The Morgan fingerprint density at radius 3 is 2.62 bits per heavy atom. The van der Waals surface area contributed by atoms with Crippen molar-refractivity contribution < 1.29 is 0 Å². The van der Waals surface area contributed by atoms with E-state index in [0.717, 1.165) is 42.7 Å². The van der Waals surface area contributed by atoms with Crippen molar-refractivity contribution in [1.82, 2.24) is 24.4 Å². The van der Waals surface area contributed by atoms with Gasteiger partial charge in [-0.15, -0.1) is 0 Å². The van der Waals surface area contributed by atoms with Crippen LogP contribution >= 0.6 is 0 Å². The van der Waals surface area contributed by atoms with Crippen molar-refractivity contribution >= 4 is 11.2 Å². The number of hydrogen-bond acceptors (Lipinski definition) is 4. The first-order chi connectivity index (χ1) is 11.7. The Hall–Kier alpha value is -2.47. The molecule has 0 spiro atoms. The Labute approximate surface area is 141 Å². The molecule has 6 heteroatoms. The highest BCUT2D eigenvalue weighted by atomic mass is 16.1. The monoisotopic (exact) mass is 325 g/mol. The van der Waals surface area contributed by atoms with Crippen LogP contribution in [0.2, 0.25) is 0 Å². The molecule has 6 nitrogen and oxygen atoms in total. The van der Waals surface area contributed by atoms with Crippen LogP contribution < -0.4 is 5.69 Å². The molecule has 3 aromatic heterocycles. The first kappa shape index (κ1) is 16.4. The van der Waals surface area contributed by atoms with Gasteiger partial charge in [0.25, 0.3) is 0 Å². The van der Waals surface area contributed by atoms with Crippen molar-refractivity contribution in [2.45, 2.75) is 26.8 Å². The van der Waals surface area contributed by atoms with Crippen LogP contribution in [0.1, 0.15) is 20.3 Å². The van der Waals surface area contributed by atoms with Crippen molar-refractivity contribution in [3.63, 3.8) is 0 Å². The van der Waals surface area contributed by atoms with E-state index in [9.17, 15) is 4.79 Å². The predicted octanol–water partition coefficient (Wildman–Crippen LogP) is 2.52. The summed E-state index contributed by atoms with van der Waals surface area (Å²) in [6.45, 7) is 8.07. The molecule has 0 aliphatic carbocycles. The highest BCUT2D eigenvalue weighted by Crippen LogP contribution is 2.20. The number of pyridine rings is 2. The fourth-order valence-corrected chi connectivity index (χ4v) is 2.95. The van der Waals surface area contributed by atoms with Crippen LogP contribution in [0.3, 0.4) is 0 Å². The fraction of sp³-hybridized carbons (Fsp3) is 0.389. The molecule has 0 aromatic carbocycles. The summed E-state index contributed by atoms with van der Waals surface area (Å²) in [5.74, 6) is 0. The molecule has 24 heavy (non-hydrogen) atoms. The summed E-state index contributed by atoms with van der Waals surface area (Å²) >= 11 is 0. The Kier molecular flexibility index (Phi) is 5.05. The third-order valence-corrected chi connectivity index (χ3v) is 4.39. The summed E-state index contributed by atoms with van der Waals surface area (Å²) in [5, 5.41) is 0. The number of H-pyrrole nitrogens is 1. The Bertz CT molecular complexity index is 849. The summed E-state index contributed by atoms with van der Waals surface area (Å²) in [7, 11) is 0. The predicted molar refractivity (Wildman–Crippen MR) is 96.0 cm³/mol. The lowest BCUT2D eigenvalue weighted by molar-refractivity contribution is 0.293. The topological polar surface area (TPSA) is 66.8 Å². The molecular weight excluding hydrogens is 302 g/mol. The largest absolute Gasteiger partial charge is 0.327 e. The van der Waals surface area contributed by atoms with Crippen LogP contribution in [0.25, 0.3) is 22.3 Å². The van der Waals surface area contributed by atoms with Crippen LogP contribution in [0.5, 0.6) is 0 Å². The molecule has 126 valence electrons. The zero-order chi connectivity index (χ0) is 16.9. The summed E-state index contributed by atoms with van der Waals surface area (Å²) in [5.41, 5.74) is 3.43. The molecule has 0 saturated heterocycles. The molecule has 0 atom stereocenters. The second-order valence-corrected chi connectivity index (χ2v) is 5.79. The number of nitrogens with zero attached hydrogens (tertiary/aromatic N) is 4. The van der Waals surface area contributed by atoms with Crippen LogP contribution in [0.15, 0.2) is 41.6 Å². The molecule has 0 fully saturated rings. The van der Waals surface area contributed by atoms with Gasteiger partial charge in [-0.25, -0.2) is 9.78 Å². The normalized spacial score (nSPS) is 11.5. The Morgan fingerprint density at radius 1 is 1.17 bits per heavy atom. The lowest BCUT2D eigenvalue weighted by atomic mass is 10.1. The summed E-state index contributed by atoms with van der Waals surface area (Å²) < 4.78 is 1.79. The quantitative estimate of drug-likeness (QED) is 0.725. The van der Waals surface area contributed by atoms with Crippen LogP contribution in [0.4, 0.5) is 0 Å². The zero-order valence-electron chi connectivity index (χ0n) is 14.2. The van der Waals surface area contributed by atoms with E-state index in [-0.39, 0.29) is 5.69 Å². The molecule has 1 N–H and O–H groups in total.